The zero-order valence-corrected chi connectivity index (χ0v) is 8.57. The maximum atomic E-state index is 5.15. The third-order valence-corrected chi connectivity index (χ3v) is 2.84. The van der Waals surface area contributed by atoms with Crippen LogP contribution in [-0.2, 0) is 0 Å². The van der Waals surface area contributed by atoms with Crippen molar-refractivity contribution in [2.24, 2.45) is 0 Å². The first-order valence-corrected chi connectivity index (χ1v) is 5.38. The molecule has 1 aliphatic rings. The molecule has 2 rings (SSSR count). The monoisotopic (exact) mass is 195 g/mol. The van der Waals surface area contributed by atoms with Gasteiger partial charge in [0, 0.05) is 6.04 Å². The van der Waals surface area contributed by atoms with Crippen molar-refractivity contribution >= 4 is 0 Å². The fourth-order valence-corrected chi connectivity index (χ4v) is 2.06. The minimum Gasteiger partial charge on any atom is -0.426 e. The molecule has 78 valence electrons. The number of hydrogen-bond donors (Lipinski definition) is 1. The van der Waals surface area contributed by atoms with E-state index in [1.165, 1.54) is 38.5 Å². The summed E-state index contributed by atoms with van der Waals surface area (Å²) in [5.41, 5.74) is 0. The maximum absolute atomic E-state index is 5.15. The van der Waals surface area contributed by atoms with Gasteiger partial charge in [0.15, 0.2) is 0 Å². The number of nitrogens with one attached hydrogen (secondary N) is 1. The Hall–Kier alpha value is -0.900. The van der Waals surface area contributed by atoms with Crippen molar-refractivity contribution in [2.75, 3.05) is 0 Å². The van der Waals surface area contributed by atoms with Crippen LogP contribution in [0.5, 0.6) is 0 Å². The molecule has 0 spiro atoms. The van der Waals surface area contributed by atoms with Gasteiger partial charge in [-0.2, -0.15) is 0 Å². The predicted molar refractivity (Wildman–Crippen MR) is 52.7 cm³/mol. The lowest BCUT2D eigenvalue weighted by atomic mass is 9.95. The van der Waals surface area contributed by atoms with Crippen molar-refractivity contribution in [1.29, 1.82) is 0 Å². The van der Waals surface area contributed by atoms with Crippen LogP contribution in [0.15, 0.2) is 10.8 Å². The molecule has 0 bridgehead atoms. The fraction of sp³-hybridized carbons (Fsp3) is 0.800. The van der Waals surface area contributed by atoms with Gasteiger partial charge < -0.3 is 9.73 Å². The summed E-state index contributed by atoms with van der Waals surface area (Å²) in [5.74, 6) is 0.690. The van der Waals surface area contributed by atoms with Gasteiger partial charge in [-0.05, 0) is 19.8 Å². The van der Waals surface area contributed by atoms with Crippen molar-refractivity contribution in [1.82, 2.24) is 15.5 Å². The van der Waals surface area contributed by atoms with Gasteiger partial charge in [-0.3, -0.25) is 0 Å². The van der Waals surface area contributed by atoms with E-state index < -0.39 is 0 Å². The second kappa shape index (κ2) is 4.55. The van der Waals surface area contributed by atoms with E-state index in [2.05, 4.69) is 22.4 Å². The van der Waals surface area contributed by atoms with Crippen LogP contribution in [0.1, 0.15) is 51.0 Å². The molecule has 0 radical (unpaired) electrons. The number of nitrogens with zero attached hydrogens (tertiary/aromatic N) is 2. The average Bonchev–Trinajstić information content (AvgIpc) is 2.72. The van der Waals surface area contributed by atoms with E-state index in [1.807, 2.05) is 0 Å². The number of hydrogen-bond acceptors (Lipinski definition) is 4. The molecule has 1 aromatic heterocycles. The molecule has 0 aromatic carbocycles. The Morgan fingerprint density at radius 3 is 2.86 bits per heavy atom. The number of rotatable bonds is 3. The standard InChI is InChI=1S/C10H17N3O/c1-8(10-13-11-7-14-10)12-9-5-3-2-4-6-9/h7-9,12H,2-6H2,1H3. The number of aromatic nitrogens is 2. The Bertz CT molecular complexity index is 254. The minimum absolute atomic E-state index is 0.181. The molecule has 1 fully saturated rings. The Morgan fingerprint density at radius 2 is 2.21 bits per heavy atom. The maximum Gasteiger partial charge on any atom is 0.232 e. The van der Waals surface area contributed by atoms with E-state index in [0.717, 1.165) is 0 Å². The highest BCUT2D eigenvalue weighted by Crippen LogP contribution is 2.20. The van der Waals surface area contributed by atoms with Crippen molar-refractivity contribution in [2.45, 2.75) is 51.1 Å². The Morgan fingerprint density at radius 1 is 1.43 bits per heavy atom. The smallest absolute Gasteiger partial charge is 0.232 e. The lowest BCUT2D eigenvalue weighted by Gasteiger charge is -2.25. The highest BCUT2D eigenvalue weighted by atomic mass is 16.4. The summed E-state index contributed by atoms with van der Waals surface area (Å²) in [6, 6.07) is 0.811. The van der Waals surface area contributed by atoms with Gasteiger partial charge >= 0.3 is 0 Å². The van der Waals surface area contributed by atoms with Crippen LogP contribution in [0.2, 0.25) is 0 Å². The van der Waals surface area contributed by atoms with Crippen molar-refractivity contribution in [3.8, 4) is 0 Å². The summed E-state index contributed by atoms with van der Waals surface area (Å²) < 4.78 is 5.15. The van der Waals surface area contributed by atoms with Gasteiger partial charge in [0.1, 0.15) is 0 Å². The van der Waals surface area contributed by atoms with Gasteiger partial charge in [0.2, 0.25) is 12.3 Å². The van der Waals surface area contributed by atoms with Crippen LogP contribution < -0.4 is 5.32 Å². The normalized spacial score (nSPS) is 20.9. The minimum atomic E-state index is 0.181. The van der Waals surface area contributed by atoms with E-state index >= 15 is 0 Å². The molecule has 1 unspecified atom stereocenters. The molecule has 1 N–H and O–H groups in total. The first kappa shape index (κ1) is 9.65. The molecule has 4 nitrogen and oxygen atoms in total. The van der Waals surface area contributed by atoms with Crippen LogP contribution in [-0.4, -0.2) is 16.2 Å². The van der Waals surface area contributed by atoms with Crippen LogP contribution in [0.3, 0.4) is 0 Å². The van der Waals surface area contributed by atoms with Gasteiger partial charge in [-0.15, -0.1) is 10.2 Å². The molecule has 14 heavy (non-hydrogen) atoms. The molecule has 0 aliphatic heterocycles. The molecule has 0 amide bonds. The summed E-state index contributed by atoms with van der Waals surface area (Å²) in [6.45, 7) is 2.07. The van der Waals surface area contributed by atoms with Gasteiger partial charge in [0.25, 0.3) is 0 Å². The topological polar surface area (TPSA) is 51.0 Å². The summed E-state index contributed by atoms with van der Waals surface area (Å²) in [6.07, 6.45) is 8.00. The SMILES string of the molecule is CC(NC1CCCCC1)c1nnco1. The quantitative estimate of drug-likeness (QED) is 0.802. The first-order chi connectivity index (χ1) is 6.86. The summed E-state index contributed by atoms with van der Waals surface area (Å²) in [4.78, 5) is 0. The zero-order chi connectivity index (χ0) is 9.80. The van der Waals surface area contributed by atoms with Crippen LogP contribution in [0.4, 0.5) is 0 Å². The fourth-order valence-electron chi connectivity index (χ4n) is 2.06. The highest BCUT2D eigenvalue weighted by molar-refractivity contribution is 4.86. The van der Waals surface area contributed by atoms with Crippen molar-refractivity contribution < 1.29 is 4.42 Å². The lowest BCUT2D eigenvalue weighted by Crippen LogP contribution is -2.33. The summed E-state index contributed by atoms with van der Waals surface area (Å²) in [7, 11) is 0. The van der Waals surface area contributed by atoms with E-state index in [4.69, 9.17) is 4.42 Å². The van der Waals surface area contributed by atoms with Crippen LogP contribution >= 0.6 is 0 Å². The Kier molecular flexibility index (Phi) is 3.14. The molecule has 1 heterocycles. The third-order valence-electron chi connectivity index (χ3n) is 2.84. The Labute approximate surface area is 84.1 Å². The van der Waals surface area contributed by atoms with Crippen molar-refractivity contribution in [3.63, 3.8) is 0 Å². The van der Waals surface area contributed by atoms with Gasteiger partial charge in [0.05, 0.1) is 6.04 Å². The molecule has 1 aromatic rings. The summed E-state index contributed by atoms with van der Waals surface area (Å²) in [5, 5.41) is 11.1. The molecule has 1 atom stereocenters. The molecule has 0 saturated heterocycles. The molecular formula is C10H17N3O. The van der Waals surface area contributed by atoms with Crippen LogP contribution in [0, 0.1) is 0 Å². The zero-order valence-electron chi connectivity index (χ0n) is 8.57. The second-order valence-electron chi connectivity index (χ2n) is 4.00. The largest absolute Gasteiger partial charge is 0.426 e. The van der Waals surface area contributed by atoms with Crippen molar-refractivity contribution in [3.05, 3.63) is 12.3 Å². The second-order valence-corrected chi connectivity index (χ2v) is 4.00. The van der Waals surface area contributed by atoms with E-state index in [1.54, 1.807) is 0 Å². The van der Waals surface area contributed by atoms with Gasteiger partial charge in [-0.1, -0.05) is 19.3 Å². The molecule has 1 aliphatic carbocycles. The predicted octanol–water partition coefficient (Wildman–Crippen LogP) is 2.05. The molecular weight excluding hydrogens is 178 g/mol. The van der Waals surface area contributed by atoms with E-state index in [0.29, 0.717) is 11.9 Å². The first-order valence-electron chi connectivity index (χ1n) is 5.38. The van der Waals surface area contributed by atoms with E-state index in [9.17, 15) is 0 Å². The molecule has 1 saturated carbocycles. The molecule has 4 heteroatoms. The summed E-state index contributed by atoms with van der Waals surface area (Å²) >= 11 is 0. The van der Waals surface area contributed by atoms with E-state index in [-0.39, 0.29) is 6.04 Å². The third kappa shape index (κ3) is 2.32. The Balaban J connectivity index is 1.84. The van der Waals surface area contributed by atoms with Crippen LogP contribution in [0.25, 0.3) is 0 Å². The highest BCUT2D eigenvalue weighted by Gasteiger charge is 2.18. The lowest BCUT2D eigenvalue weighted by molar-refractivity contribution is 0.318. The average molecular weight is 195 g/mol. The van der Waals surface area contributed by atoms with Gasteiger partial charge in [-0.25, -0.2) is 0 Å².